The topological polar surface area (TPSA) is 42.0 Å². The predicted molar refractivity (Wildman–Crippen MR) is 96.6 cm³/mol. The maximum absolute atomic E-state index is 12.5. The van der Waals surface area contributed by atoms with Crippen molar-refractivity contribution in [3.8, 4) is 11.5 Å². The minimum atomic E-state index is 0.0848. The molecule has 1 saturated heterocycles. The van der Waals surface area contributed by atoms with Crippen LogP contribution in [-0.4, -0.2) is 54.2 Å². The molecule has 0 aromatic heterocycles. The van der Waals surface area contributed by atoms with Gasteiger partial charge in [0.1, 0.15) is 0 Å². The van der Waals surface area contributed by atoms with Gasteiger partial charge in [0.2, 0.25) is 12.7 Å². The predicted octanol–water partition coefficient (Wildman–Crippen LogP) is 2.76. The van der Waals surface area contributed by atoms with Crippen LogP contribution in [0, 0.1) is 5.92 Å². The SMILES string of the molecule is CC(C)(C1CC1)N1CCN(C(=O)/C=C/c2ccc3c(c2)OCO3)CC1. The molecule has 2 fully saturated rings. The Bertz CT molecular complexity index is 686. The van der Waals surface area contributed by atoms with Gasteiger partial charge >= 0.3 is 0 Å². The number of carbonyl (C=O) groups excluding carboxylic acids is 1. The van der Waals surface area contributed by atoms with Crippen molar-refractivity contribution in [2.75, 3.05) is 33.0 Å². The molecule has 0 atom stereocenters. The largest absolute Gasteiger partial charge is 0.454 e. The summed E-state index contributed by atoms with van der Waals surface area (Å²) in [4.78, 5) is 17.0. The molecular formula is C20H26N2O3. The summed E-state index contributed by atoms with van der Waals surface area (Å²) in [7, 11) is 0. The van der Waals surface area contributed by atoms with Gasteiger partial charge in [-0.2, -0.15) is 0 Å². The number of nitrogens with zero attached hydrogens (tertiary/aromatic N) is 2. The van der Waals surface area contributed by atoms with Crippen LogP contribution in [0.4, 0.5) is 0 Å². The van der Waals surface area contributed by atoms with Gasteiger partial charge in [-0.05, 0) is 56.4 Å². The second-order valence-corrected chi connectivity index (χ2v) is 7.69. The molecule has 4 rings (SSSR count). The molecule has 2 aliphatic heterocycles. The van der Waals surface area contributed by atoms with Crippen LogP contribution in [0.5, 0.6) is 11.5 Å². The number of hydrogen-bond acceptors (Lipinski definition) is 4. The fourth-order valence-corrected chi connectivity index (χ4v) is 3.84. The highest BCUT2D eigenvalue weighted by Gasteiger charge is 2.42. The third-order valence-electron chi connectivity index (χ3n) is 5.80. The van der Waals surface area contributed by atoms with Gasteiger partial charge in [-0.15, -0.1) is 0 Å². The summed E-state index contributed by atoms with van der Waals surface area (Å²) in [5.41, 5.74) is 1.23. The van der Waals surface area contributed by atoms with Crippen LogP contribution in [-0.2, 0) is 4.79 Å². The van der Waals surface area contributed by atoms with Crippen molar-refractivity contribution in [1.82, 2.24) is 9.80 Å². The molecule has 25 heavy (non-hydrogen) atoms. The first-order valence-corrected chi connectivity index (χ1v) is 9.16. The van der Waals surface area contributed by atoms with Crippen LogP contribution in [0.15, 0.2) is 24.3 Å². The van der Waals surface area contributed by atoms with Crippen molar-refractivity contribution in [3.05, 3.63) is 29.8 Å². The lowest BCUT2D eigenvalue weighted by Gasteiger charge is -2.44. The van der Waals surface area contributed by atoms with E-state index in [-0.39, 0.29) is 18.2 Å². The van der Waals surface area contributed by atoms with E-state index in [4.69, 9.17) is 9.47 Å². The summed E-state index contributed by atoms with van der Waals surface area (Å²) < 4.78 is 10.7. The van der Waals surface area contributed by atoms with E-state index in [0.29, 0.717) is 0 Å². The average molecular weight is 342 g/mol. The normalized spacial score (nSPS) is 21.1. The van der Waals surface area contributed by atoms with E-state index < -0.39 is 0 Å². The van der Waals surface area contributed by atoms with Crippen molar-refractivity contribution >= 4 is 12.0 Å². The molecular weight excluding hydrogens is 316 g/mol. The molecule has 1 aromatic carbocycles. The standard InChI is InChI=1S/C20H26N2O3/c1-20(2,16-5-6-16)22-11-9-21(10-12-22)19(23)8-4-15-3-7-17-18(13-15)25-14-24-17/h3-4,7-8,13,16H,5-6,9-12,14H2,1-2H3/b8-4+. The Balaban J connectivity index is 1.33. The fourth-order valence-electron chi connectivity index (χ4n) is 3.84. The summed E-state index contributed by atoms with van der Waals surface area (Å²) in [6.45, 7) is 8.51. The number of piperazine rings is 1. The van der Waals surface area contributed by atoms with Crippen LogP contribution in [0.25, 0.3) is 6.08 Å². The number of hydrogen-bond donors (Lipinski definition) is 0. The Morgan fingerprint density at radius 3 is 2.56 bits per heavy atom. The number of fused-ring (bicyclic) bond motifs is 1. The number of ether oxygens (including phenoxy) is 2. The molecule has 0 unspecified atom stereocenters. The Labute approximate surface area is 149 Å². The lowest BCUT2D eigenvalue weighted by atomic mass is 9.95. The van der Waals surface area contributed by atoms with Crippen LogP contribution < -0.4 is 9.47 Å². The second kappa shape index (κ2) is 6.37. The van der Waals surface area contributed by atoms with Crippen molar-refractivity contribution < 1.29 is 14.3 Å². The van der Waals surface area contributed by atoms with Crippen molar-refractivity contribution in [2.24, 2.45) is 5.92 Å². The fraction of sp³-hybridized carbons (Fsp3) is 0.550. The maximum Gasteiger partial charge on any atom is 0.246 e. The van der Waals surface area contributed by atoms with E-state index in [2.05, 4.69) is 18.7 Å². The molecule has 0 spiro atoms. The zero-order chi connectivity index (χ0) is 17.4. The summed E-state index contributed by atoms with van der Waals surface area (Å²) in [6, 6.07) is 5.72. The Hall–Kier alpha value is -2.01. The maximum atomic E-state index is 12.5. The number of carbonyl (C=O) groups is 1. The molecule has 0 bridgehead atoms. The Morgan fingerprint density at radius 1 is 1.12 bits per heavy atom. The molecule has 1 amide bonds. The first-order valence-electron chi connectivity index (χ1n) is 9.16. The minimum absolute atomic E-state index is 0.0848. The smallest absolute Gasteiger partial charge is 0.246 e. The van der Waals surface area contributed by atoms with Crippen LogP contribution in [0.2, 0.25) is 0 Å². The number of amides is 1. The average Bonchev–Trinajstić information content (AvgIpc) is 3.39. The van der Waals surface area contributed by atoms with Crippen LogP contribution in [0.3, 0.4) is 0 Å². The number of benzene rings is 1. The Kier molecular flexibility index (Phi) is 4.20. The molecule has 134 valence electrons. The van der Waals surface area contributed by atoms with E-state index in [0.717, 1.165) is 49.2 Å². The lowest BCUT2D eigenvalue weighted by Crippen LogP contribution is -2.56. The van der Waals surface area contributed by atoms with Gasteiger partial charge in [-0.1, -0.05) is 6.07 Å². The summed E-state index contributed by atoms with van der Waals surface area (Å²) in [5, 5.41) is 0. The third kappa shape index (κ3) is 3.38. The summed E-state index contributed by atoms with van der Waals surface area (Å²) >= 11 is 0. The van der Waals surface area contributed by atoms with E-state index in [9.17, 15) is 4.79 Å². The van der Waals surface area contributed by atoms with Gasteiger partial charge in [-0.3, -0.25) is 9.69 Å². The molecule has 5 nitrogen and oxygen atoms in total. The highest BCUT2D eigenvalue weighted by molar-refractivity contribution is 5.92. The van der Waals surface area contributed by atoms with Crippen LogP contribution >= 0.6 is 0 Å². The Morgan fingerprint density at radius 2 is 1.84 bits per heavy atom. The van der Waals surface area contributed by atoms with Crippen LogP contribution in [0.1, 0.15) is 32.3 Å². The van der Waals surface area contributed by atoms with Gasteiger partial charge in [0.05, 0.1) is 0 Å². The molecule has 1 aliphatic carbocycles. The molecule has 0 radical (unpaired) electrons. The monoisotopic (exact) mass is 342 g/mol. The van der Waals surface area contributed by atoms with E-state index >= 15 is 0 Å². The lowest BCUT2D eigenvalue weighted by molar-refractivity contribution is -0.128. The zero-order valence-corrected chi connectivity index (χ0v) is 15.0. The van der Waals surface area contributed by atoms with Gasteiger partial charge in [0.25, 0.3) is 0 Å². The zero-order valence-electron chi connectivity index (χ0n) is 15.0. The first-order chi connectivity index (χ1) is 12.0. The van der Waals surface area contributed by atoms with Crippen molar-refractivity contribution in [1.29, 1.82) is 0 Å². The minimum Gasteiger partial charge on any atom is -0.454 e. The third-order valence-corrected chi connectivity index (χ3v) is 5.80. The second-order valence-electron chi connectivity index (χ2n) is 7.69. The van der Waals surface area contributed by atoms with Gasteiger partial charge in [-0.25, -0.2) is 0 Å². The highest BCUT2D eigenvalue weighted by Crippen LogP contribution is 2.43. The van der Waals surface area contributed by atoms with Gasteiger partial charge in [0, 0.05) is 37.8 Å². The van der Waals surface area contributed by atoms with E-state index in [1.165, 1.54) is 12.8 Å². The van der Waals surface area contributed by atoms with Crippen molar-refractivity contribution in [2.45, 2.75) is 32.2 Å². The molecule has 5 heteroatoms. The first kappa shape index (κ1) is 16.5. The van der Waals surface area contributed by atoms with Gasteiger partial charge in [0.15, 0.2) is 11.5 Å². The molecule has 2 heterocycles. The van der Waals surface area contributed by atoms with E-state index in [1.807, 2.05) is 29.2 Å². The highest BCUT2D eigenvalue weighted by atomic mass is 16.7. The molecule has 1 saturated carbocycles. The quantitative estimate of drug-likeness (QED) is 0.789. The van der Waals surface area contributed by atoms with Gasteiger partial charge < -0.3 is 14.4 Å². The summed E-state index contributed by atoms with van der Waals surface area (Å²) in [5.74, 6) is 2.42. The molecule has 1 aromatic rings. The van der Waals surface area contributed by atoms with Crippen molar-refractivity contribution in [3.63, 3.8) is 0 Å². The molecule has 3 aliphatic rings. The number of rotatable bonds is 4. The van der Waals surface area contributed by atoms with E-state index in [1.54, 1.807) is 6.08 Å². The summed E-state index contributed by atoms with van der Waals surface area (Å²) in [6.07, 6.45) is 6.22. The molecule has 0 N–H and O–H groups in total.